The Morgan fingerprint density at radius 3 is 2.79 bits per heavy atom. The number of aromatic nitrogens is 3. The summed E-state index contributed by atoms with van der Waals surface area (Å²) in [5.41, 5.74) is 8.48. The number of rotatable bonds is 4. The van der Waals surface area contributed by atoms with Crippen LogP contribution in [-0.4, -0.2) is 47.1 Å². The zero-order chi connectivity index (χ0) is 33.9. The average Bonchev–Trinajstić information content (AvgIpc) is 3.72. The topological polar surface area (TPSA) is 169 Å². The largest absolute Gasteiger partial charge is 0.616 e. The smallest absolute Gasteiger partial charge is 0.303 e. The molecular weight excluding hydrogens is 645 g/mol. The third kappa shape index (κ3) is 7.15. The number of halogens is 3. The first-order valence-electron chi connectivity index (χ1n) is 15.2. The van der Waals surface area contributed by atoms with Gasteiger partial charge in [-0.1, -0.05) is 29.4 Å². The van der Waals surface area contributed by atoms with E-state index in [4.69, 9.17) is 21.4 Å². The lowest BCUT2D eigenvalue weighted by Crippen LogP contribution is -2.27. The summed E-state index contributed by atoms with van der Waals surface area (Å²) in [5, 5.41) is 11.1. The van der Waals surface area contributed by atoms with Gasteiger partial charge in [0.15, 0.2) is 11.6 Å². The summed E-state index contributed by atoms with van der Waals surface area (Å²) in [7, 11) is 0. The predicted octanol–water partition coefficient (Wildman–Crippen LogP) is 5.94. The molecular formula is C34H33F3N6O4S. The number of aromatic amines is 2. The van der Waals surface area contributed by atoms with Gasteiger partial charge in [-0.25, -0.2) is 24.0 Å². The van der Waals surface area contributed by atoms with Crippen molar-refractivity contribution in [1.82, 2.24) is 20.0 Å². The number of carboxylic acid groups (broad SMARTS) is 1. The Labute approximate surface area is 276 Å². The van der Waals surface area contributed by atoms with Crippen LogP contribution in [0.5, 0.6) is 11.5 Å². The number of nitrogens with one attached hydrogen (secondary N) is 2. The van der Waals surface area contributed by atoms with Gasteiger partial charge in [-0.2, -0.15) is 0 Å². The zero-order valence-electron chi connectivity index (χ0n) is 25.6. The van der Waals surface area contributed by atoms with Crippen LogP contribution in [-0.2, 0) is 28.9 Å². The standard InChI is InChI=1S/C34H33F3N6O4S/c35-27-6-5-21-14-25(27)34-41-16-30(42-34)23(24-3-1-2-19(32(24)37)4-7-31(44)45)10-13-48(46)12-9-20(38)17-43(39)18-26-22-8-11-40-29(22)15-28(36)33(26)47-21/h1-3,5-6,8,11,14-17,23,40H,4,7,9-10,12-13,18,38-39H2,(H,41,42)(H,44,45)/b20-17-. The molecule has 2 atom stereocenters. The number of carboxylic acids is 1. The van der Waals surface area contributed by atoms with E-state index in [1.807, 2.05) is 0 Å². The molecule has 0 aliphatic carbocycles. The zero-order valence-corrected chi connectivity index (χ0v) is 26.5. The fourth-order valence-electron chi connectivity index (χ4n) is 5.88. The molecule has 7 N–H and O–H groups in total. The molecule has 1 aliphatic rings. The maximum atomic E-state index is 15.9. The highest BCUT2D eigenvalue weighted by Crippen LogP contribution is 2.38. The third-order valence-corrected chi connectivity index (χ3v) is 9.62. The number of fused-ring (bicyclic) bond motifs is 8. The molecule has 0 amide bonds. The van der Waals surface area contributed by atoms with Gasteiger partial charge in [0.2, 0.25) is 0 Å². The lowest BCUT2D eigenvalue weighted by Gasteiger charge is -2.20. The number of H-pyrrole nitrogens is 2. The minimum atomic E-state index is -1.38. The van der Waals surface area contributed by atoms with E-state index in [9.17, 15) is 9.35 Å². The molecule has 6 rings (SSSR count). The van der Waals surface area contributed by atoms with E-state index in [2.05, 4.69) is 15.0 Å². The summed E-state index contributed by atoms with van der Waals surface area (Å²) in [4.78, 5) is 21.7. The van der Waals surface area contributed by atoms with Crippen molar-refractivity contribution < 1.29 is 32.4 Å². The number of imidazole rings is 1. The maximum absolute atomic E-state index is 15.9. The van der Waals surface area contributed by atoms with Crippen molar-refractivity contribution >= 4 is 28.0 Å². The van der Waals surface area contributed by atoms with Crippen molar-refractivity contribution in [2.45, 2.75) is 38.1 Å². The highest BCUT2D eigenvalue weighted by molar-refractivity contribution is 7.91. The van der Waals surface area contributed by atoms with E-state index in [-0.39, 0.29) is 77.7 Å². The monoisotopic (exact) mass is 678 g/mol. The number of benzene rings is 3. The number of hydrogen-bond donors (Lipinski definition) is 5. The molecule has 2 unspecified atom stereocenters. The summed E-state index contributed by atoms with van der Waals surface area (Å²) >= 11 is -1.38. The molecule has 4 bridgehead atoms. The van der Waals surface area contributed by atoms with Gasteiger partial charge >= 0.3 is 5.97 Å². The van der Waals surface area contributed by atoms with Crippen LogP contribution >= 0.6 is 0 Å². The van der Waals surface area contributed by atoms with Crippen molar-refractivity contribution in [2.75, 3.05) is 11.5 Å². The Kier molecular flexibility index (Phi) is 9.66. The van der Waals surface area contributed by atoms with Gasteiger partial charge in [0.1, 0.15) is 34.7 Å². The van der Waals surface area contributed by atoms with Gasteiger partial charge in [-0.3, -0.25) is 4.79 Å². The quantitative estimate of drug-likeness (QED) is 0.115. The second kappa shape index (κ2) is 14.1. The van der Waals surface area contributed by atoms with Gasteiger partial charge in [0.05, 0.1) is 12.1 Å². The first-order chi connectivity index (χ1) is 23.1. The van der Waals surface area contributed by atoms with Crippen LogP contribution in [0.2, 0.25) is 0 Å². The van der Waals surface area contributed by atoms with Crippen LogP contribution < -0.4 is 16.3 Å². The molecule has 0 fully saturated rings. The van der Waals surface area contributed by atoms with Gasteiger partial charge in [-0.15, -0.1) is 0 Å². The highest BCUT2D eigenvalue weighted by atomic mass is 32.2. The molecule has 5 aromatic rings. The van der Waals surface area contributed by atoms with E-state index >= 15 is 13.2 Å². The highest BCUT2D eigenvalue weighted by Gasteiger charge is 2.26. The summed E-state index contributed by atoms with van der Waals surface area (Å²) < 4.78 is 66.0. The lowest BCUT2D eigenvalue weighted by atomic mass is 9.91. The third-order valence-electron chi connectivity index (χ3n) is 8.27. The van der Waals surface area contributed by atoms with E-state index in [1.54, 1.807) is 24.4 Å². The summed E-state index contributed by atoms with van der Waals surface area (Å²) in [6.45, 7) is -0.000392. The molecule has 0 radical (unpaired) electrons. The number of ether oxygens (including phenoxy) is 1. The van der Waals surface area contributed by atoms with Crippen LogP contribution in [0.3, 0.4) is 0 Å². The molecule has 48 heavy (non-hydrogen) atoms. The minimum Gasteiger partial charge on any atom is -0.616 e. The van der Waals surface area contributed by atoms with Crippen LogP contribution in [0.25, 0.3) is 22.3 Å². The fraction of sp³-hybridized carbons (Fsp3) is 0.235. The first-order valence-corrected chi connectivity index (χ1v) is 16.7. The Bertz CT molecular complexity index is 2000. The summed E-state index contributed by atoms with van der Waals surface area (Å²) in [6, 6.07) is 11.7. The van der Waals surface area contributed by atoms with Crippen LogP contribution in [0.4, 0.5) is 13.2 Å². The maximum Gasteiger partial charge on any atom is 0.303 e. The molecule has 250 valence electrons. The molecule has 0 saturated carbocycles. The number of aliphatic carboxylic acids is 1. The Morgan fingerprint density at radius 1 is 1.15 bits per heavy atom. The van der Waals surface area contributed by atoms with Crippen LogP contribution in [0.15, 0.2) is 72.8 Å². The molecule has 0 saturated heterocycles. The average molecular weight is 679 g/mol. The van der Waals surface area contributed by atoms with E-state index in [1.165, 1.54) is 47.7 Å². The molecule has 1 aliphatic heterocycles. The number of nitrogens with two attached hydrogens (primary N) is 2. The molecule has 14 heteroatoms. The number of aryl methyl sites for hydroxylation is 1. The minimum absolute atomic E-state index is 0.000392. The number of allylic oxidation sites excluding steroid dienone is 1. The SMILES string of the molecule is N/C1=C\N(N)Cc2c(c(F)cc3[nH]ccc23)Oc2ccc(F)c(c2)-c2ncc([nH]2)C(c2cccc(CCC(=O)O)c2F)CC[S+]([O-])CC1. The number of nitrogens with zero attached hydrogens (tertiary/aromatic N) is 2. The number of hydrogen-bond acceptors (Lipinski definition) is 7. The van der Waals surface area contributed by atoms with E-state index in [0.29, 0.717) is 27.9 Å². The summed E-state index contributed by atoms with van der Waals surface area (Å²) in [5.74, 6) is 3.19. The fourth-order valence-corrected chi connectivity index (χ4v) is 7.04. The van der Waals surface area contributed by atoms with Crippen LogP contribution in [0.1, 0.15) is 47.6 Å². The number of hydrazine groups is 1. The predicted molar refractivity (Wildman–Crippen MR) is 176 cm³/mol. The molecule has 0 spiro atoms. The summed E-state index contributed by atoms with van der Waals surface area (Å²) in [6.07, 6.45) is 4.83. The van der Waals surface area contributed by atoms with Crippen LogP contribution in [0, 0.1) is 17.5 Å². The van der Waals surface area contributed by atoms with E-state index in [0.717, 1.165) is 0 Å². The van der Waals surface area contributed by atoms with Gasteiger partial charge < -0.3 is 35.1 Å². The Morgan fingerprint density at radius 2 is 1.98 bits per heavy atom. The van der Waals surface area contributed by atoms with Gasteiger partial charge in [0, 0.05) is 77.7 Å². The lowest BCUT2D eigenvalue weighted by molar-refractivity contribution is -0.136. The Hall–Kier alpha value is -4.92. The van der Waals surface area contributed by atoms with Crippen molar-refractivity contribution in [3.8, 4) is 22.9 Å². The molecule has 3 heterocycles. The normalized spacial score (nSPS) is 18.6. The van der Waals surface area contributed by atoms with Crippen molar-refractivity contribution in [2.24, 2.45) is 11.6 Å². The van der Waals surface area contributed by atoms with Crippen molar-refractivity contribution in [3.05, 3.63) is 113 Å². The molecule has 3 aromatic carbocycles. The van der Waals surface area contributed by atoms with Crippen molar-refractivity contribution in [3.63, 3.8) is 0 Å². The van der Waals surface area contributed by atoms with Gasteiger partial charge in [-0.05, 0) is 41.8 Å². The molecule has 10 nitrogen and oxygen atoms in total. The van der Waals surface area contributed by atoms with Gasteiger partial charge in [0.25, 0.3) is 0 Å². The van der Waals surface area contributed by atoms with Crippen molar-refractivity contribution in [1.29, 1.82) is 0 Å². The molecule has 2 aromatic heterocycles. The Balaban J connectivity index is 1.44. The number of carbonyl (C=O) groups is 1. The second-order valence-electron chi connectivity index (χ2n) is 11.6. The first kappa shape index (κ1) is 33.0. The van der Waals surface area contributed by atoms with E-state index < -0.39 is 40.5 Å². The second-order valence-corrected chi connectivity index (χ2v) is 13.3.